The van der Waals surface area contributed by atoms with E-state index >= 15 is 0 Å². The molecule has 0 unspecified atom stereocenters. The summed E-state index contributed by atoms with van der Waals surface area (Å²) >= 11 is 0. The van der Waals surface area contributed by atoms with E-state index in [1.54, 1.807) is 10.7 Å². The highest BCUT2D eigenvalue weighted by atomic mass is 19.1. The number of nitrogens with zero attached hydrogens (tertiary/aromatic N) is 5. The maximum atomic E-state index is 14.3. The predicted octanol–water partition coefficient (Wildman–Crippen LogP) is 5.19. The molecule has 0 saturated carbocycles. The summed E-state index contributed by atoms with van der Waals surface area (Å²) in [7, 11) is 0. The minimum atomic E-state index is -0.510. The molecule has 0 bridgehead atoms. The number of pyridine rings is 2. The molecule has 8 heteroatoms. The topological polar surface area (TPSA) is 68.0 Å². The van der Waals surface area contributed by atoms with Crippen LogP contribution in [0.3, 0.4) is 0 Å². The van der Waals surface area contributed by atoms with Gasteiger partial charge in [-0.3, -0.25) is 4.98 Å². The molecule has 0 aromatic carbocycles. The molecular formula is C24H22F2N6. The first-order valence-electron chi connectivity index (χ1n) is 10.1. The second kappa shape index (κ2) is 8.71. The lowest BCUT2D eigenvalue weighted by molar-refractivity contribution is 0.428. The monoisotopic (exact) mass is 432 g/mol. The standard InChI is InChI=1S/C24H22F2N6/c1-24(2,3)11-5-4-6-16-10-13-32-21(16)23(29-19-9-12-27-15-18(19)26)30-22(31-32)20-8-7-17(25)14-28-20/h7-10,12-15H,6,11H2,1-3H3,(H,27,29,30,31). The summed E-state index contributed by atoms with van der Waals surface area (Å²) in [5, 5.41) is 7.56. The first-order chi connectivity index (χ1) is 15.3. The second-order valence-corrected chi connectivity index (χ2v) is 8.53. The van der Waals surface area contributed by atoms with Crippen LogP contribution in [0.15, 0.2) is 49.1 Å². The van der Waals surface area contributed by atoms with E-state index in [4.69, 9.17) is 0 Å². The first kappa shape index (κ1) is 21.4. The molecule has 162 valence electrons. The van der Waals surface area contributed by atoms with Crippen LogP contribution in [0.4, 0.5) is 20.3 Å². The van der Waals surface area contributed by atoms with Crippen LogP contribution in [0.25, 0.3) is 17.0 Å². The maximum Gasteiger partial charge on any atom is 0.200 e. The minimum Gasteiger partial charge on any atom is -0.336 e. The van der Waals surface area contributed by atoms with E-state index in [2.05, 4.69) is 58.0 Å². The molecule has 0 fully saturated rings. The lowest BCUT2D eigenvalue weighted by atomic mass is 9.93. The second-order valence-electron chi connectivity index (χ2n) is 8.53. The Bertz CT molecular complexity index is 1310. The normalized spacial score (nSPS) is 11.3. The van der Waals surface area contributed by atoms with Crippen molar-refractivity contribution in [1.82, 2.24) is 24.6 Å². The third-order valence-corrected chi connectivity index (χ3v) is 4.60. The van der Waals surface area contributed by atoms with Crippen molar-refractivity contribution < 1.29 is 8.78 Å². The molecule has 0 radical (unpaired) electrons. The minimum absolute atomic E-state index is 0.127. The van der Waals surface area contributed by atoms with E-state index in [0.717, 1.165) is 24.4 Å². The number of anilines is 2. The van der Waals surface area contributed by atoms with Crippen LogP contribution in [0, 0.1) is 28.9 Å². The van der Waals surface area contributed by atoms with E-state index in [0.29, 0.717) is 23.4 Å². The zero-order chi connectivity index (χ0) is 22.7. The fourth-order valence-corrected chi connectivity index (χ4v) is 3.02. The number of hydrogen-bond acceptors (Lipinski definition) is 5. The number of rotatable bonds is 4. The average Bonchev–Trinajstić information content (AvgIpc) is 3.16. The van der Waals surface area contributed by atoms with Crippen molar-refractivity contribution in [2.45, 2.75) is 33.6 Å². The van der Waals surface area contributed by atoms with Gasteiger partial charge in [-0.15, -0.1) is 11.0 Å². The Balaban J connectivity index is 1.78. The smallest absolute Gasteiger partial charge is 0.200 e. The summed E-state index contributed by atoms with van der Waals surface area (Å²) in [5.74, 6) is 6.12. The predicted molar refractivity (Wildman–Crippen MR) is 119 cm³/mol. The van der Waals surface area contributed by atoms with Crippen molar-refractivity contribution in [2.75, 3.05) is 5.32 Å². The van der Waals surface area contributed by atoms with E-state index < -0.39 is 11.6 Å². The highest BCUT2D eigenvalue weighted by Gasteiger charge is 2.16. The van der Waals surface area contributed by atoms with E-state index in [9.17, 15) is 8.78 Å². The maximum absolute atomic E-state index is 14.3. The molecule has 4 heterocycles. The van der Waals surface area contributed by atoms with Crippen molar-refractivity contribution >= 4 is 17.0 Å². The summed E-state index contributed by atoms with van der Waals surface area (Å²) in [6, 6.07) is 6.22. The summed E-state index contributed by atoms with van der Waals surface area (Å²) in [6.07, 6.45) is 6.79. The van der Waals surface area contributed by atoms with Gasteiger partial charge in [-0.05, 0) is 35.2 Å². The summed E-state index contributed by atoms with van der Waals surface area (Å²) < 4.78 is 29.2. The molecule has 6 nitrogen and oxygen atoms in total. The molecular weight excluding hydrogens is 410 g/mol. The average molecular weight is 432 g/mol. The van der Waals surface area contributed by atoms with Crippen molar-refractivity contribution in [3.8, 4) is 23.4 Å². The van der Waals surface area contributed by atoms with Gasteiger partial charge in [0.2, 0.25) is 5.82 Å². The van der Waals surface area contributed by atoms with E-state index in [-0.39, 0.29) is 16.9 Å². The SMILES string of the molecule is CC(C)(C)CC#CCc1ccn2nc(-c3ccc(F)cn3)nc(Nc3ccncc3F)c12. The number of nitrogens with one attached hydrogen (secondary N) is 1. The highest BCUT2D eigenvalue weighted by molar-refractivity contribution is 5.78. The quantitative estimate of drug-likeness (QED) is 0.450. The molecule has 4 aromatic heterocycles. The van der Waals surface area contributed by atoms with Gasteiger partial charge in [0.05, 0.1) is 18.1 Å². The van der Waals surface area contributed by atoms with Crippen LogP contribution in [0.2, 0.25) is 0 Å². The number of halogens is 2. The third-order valence-electron chi connectivity index (χ3n) is 4.60. The highest BCUT2D eigenvalue weighted by Crippen LogP contribution is 2.27. The van der Waals surface area contributed by atoms with Gasteiger partial charge in [-0.2, -0.15) is 0 Å². The Morgan fingerprint density at radius 3 is 2.62 bits per heavy atom. The molecule has 0 saturated heterocycles. The number of fused-ring (bicyclic) bond motifs is 1. The lowest BCUT2D eigenvalue weighted by Gasteiger charge is -2.12. The molecule has 0 amide bonds. The Hall–Kier alpha value is -3.86. The zero-order valence-corrected chi connectivity index (χ0v) is 18.0. The molecule has 0 atom stereocenters. The largest absolute Gasteiger partial charge is 0.336 e. The Labute approximate surface area is 184 Å². The van der Waals surface area contributed by atoms with Crippen molar-refractivity contribution in [1.29, 1.82) is 0 Å². The van der Waals surface area contributed by atoms with Crippen LogP contribution in [0.5, 0.6) is 0 Å². The van der Waals surface area contributed by atoms with Crippen LogP contribution in [0.1, 0.15) is 32.8 Å². The van der Waals surface area contributed by atoms with E-state index in [1.807, 2.05) is 6.07 Å². The van der Waals surface area contributed by atoms with Crippen LogP contribution < -0.4 is 5.32 Å². The molecule has 0 aliphatic heterocycles. The Morgan fingerprint density at radius 1 is 1.06 bits per heavy atom. The van der Waals surface area contributed by atoms with Crippen molar-refractivity contribution in [3.63, 3.8) is 0 Å². The van der Waals surface area contributed by atoms with Crippen LogP contribution >= 0.6 is 0 Å². The molecule has 0 aliphatic carbocycles. The first-order valence-corrected chi connectivity index (χ1v) is 10.1. The molecule has 32 heavy (non-hydrogen) atoms. The Morgan fingerprint density at radius 2 is 1.91 bits per heavy atom. The van der Waals surface area contributed by atoms with Gasteiger partial charge in [0.15, 0.2) is 11.6 Å². The van der Waals surface area contributed by atoms with Gasteiger partial charge in [0, 0.05) is 25.2 Å². The fraction of sp³-hybridized carbons (Fsp3) is 0.250. The van der Waals surface area contributed by atoms with Gasteiger partial charge < -0.3 is 5.32 Å². The molecule has 4 rings (SSSR count). The van der Waals surface area contributed by atoms with Gasteiger partial charge in [-0.1, -0.05) is 26.7 Å². The molecule has 0 aliphatic rings. The van der Waals surface area contributed by atoms with Crippen molar-refractivity contribution in [2.24, 2.45) is 5.41 Å². The summed E-state index contributed by atoms with van der Waals surface area (Å²) in [4.78, 5) is 12.4. The Kier molecular flexibility index (Phi) is 5.82. The van der Waals surface area contributed by atoms with Gasteiger partial charge >= 0.3 is 0 Å². The van der Waals surface area contributed by atoms with Gasteiger partial charge in [0.1, 0.15) is 17.0 Å². The van der Waals surface area contributed by atoms with Gasteiger partial charge in [-0.25, -0.2) is 23.3 Å². The van der Waals surface area contributed by atoms with Crippen LogP contribution in [-0.2, 0) is 6.42 Å². The molecule has 1 N–H and O–H groups in total. The molecule has 4 aromatic rings. The fourth-order valence-electron chi connectivity index (χ4n) is 3.02. The van der Waals surface area contributed by atoms with Gasteiger partial charge in [0.25, 0.3) is 0 Å². The molecule has 0 spiro atoms. The van der Waals surface area contributed by atoms with E-state index in [1.165, 1.54) is 24.4 Å². The lowest BCUT2D eigenvalue weighted by Crippen LogP contribution is -2.06. The van der Waals surface area contributed by atoms with Crippen LogP contribution in [-0.4, -0.2) is 24.6 Å². The summed E-state index contributed by atoms with van der Waals surface area (Å²) in [5.41, 5.74) is 2.33. The number of aromatic nitrogens is 5. The summed E-state index contributed by atoms with van der Waals surface area (Å²) in [6.45, 7) is 6.42. The zero-order valence-electron chi connectivity index (χ0n) is 18.0. The number of hydrogen-bond donors (Lipinski definition) is 1. The van der Waals surface area contributed by atoms with Crippen molar-refractivity contribution in [3.05, 3.63) is 66.3 Å². The third kappa shape index (κ3) is 4.89.